The van der Waals surface area contributed by atoms with Crippen molar-refractivity contribution in [1.29, 1.82) is 0 Å². The average Bonchev–Trinajstić information content (AvgIpc) is 2.90. The van der Waals surface area contributed by atoms with Crippen LogP contribution in [-0.4, -0.2) is 36.5 Å². The van der Waals surface area contributed by atoms with Gasteiger partial charge >= 0.3 is 5.97 Å². The number of ether oxygens (including phenoxy) is 1. The summed E-state index contributed by atoms with van der Waals surface area (Å²) in [6.07, 6.45) is 6.02. The summed E-state index contributed by atoms with van der Waals surface area (Å²) in [6, 6.07) is -0.321. The van der Waals surface area contributed by atoms with Gasteiger partial charge in [-0.25, -0.2) is 4.79 Å². The van der Waals surface area contributed by atoms with E-state index in [2.05, 4.69) is 0 Å². The van der Waals surface area contributed by atoms with Gasteiger partial charge in [0.2, 0.25) is 5.91 Å². The summed E-state index contributed by atoms with van der Waals surface area (Å²) in [5.41, 5.74) is 0. The van der Waals surface area contributed by atoms with Crippen molar-refractivity contribution in [3.8, 4) is 0 Å². The van der Waals surface area contributed by atoms with Gasteiger partial charge in [0.1, 0.15) is 6.04 Å². The van der Waals surface area contributed by atoms with Gasteiger partial charge in [-0.2, -0.15) is 0 Å². The number of hydrogen-bond acceptors (Lipinski definition) is 3. The Morgan fingerprint density at radius 2 is 2.06 bits per heavy atom. The second-order valence-electron chi connectivity index (χ2n) is 4.77. The molecule has 0 aromatic heterocycles. The Morgan fingerprint density at radius 3 is 2.69 bits per heavy atom. The van der Waals surface area contributed by atoms with Crippen LogP contribution in [-0.2, 0) is 14.3 Å². The molecule has 1 atom stereocenters. The minimum Gasteiger partial charge on any atom is -0.467 e. The number of hydrogen-bond donors (Lipinski definition) is 0. The molecule has 1 heterocycles. The highest BCUT2D eigenvalue weighted by Crippen LogP contribution is 2.29. The minimum absolute atomic E-state index is 0.113. The SMILES string of the molecule is COC(=O)C1CCC(=O)N1CC1CCCC1. The number of amides is 1. The Bertz CT molecular complexity index is 284. The lowest BCUT2D eigenvalue weighted by Crippen LogP contribution is -2.41. The molecule has 2 aliphatic rings. The molecule has 1 amide bonds. The lowest BCUT2D eigenvalue weighted by molar-refractivity contribution is -0.149. The average molecular weight is 225 g/mol. The number of esters is 1. The van der Waals surface area contributed by atoms with E-state index in [0.717, 1.165) is 6.54 Å². The monoisotopic (exact) mass is 225 g/mol. The third kappa shape index (κ3) is 2.20. The molecule has 0 spiro atoms. The van der Waals surface area contributed by atoms with E-state index in [4.69, 9.17) is 4.74 Å². The molecule has 90 valence electrons. The van der Waals surface area contributed by atoms with Gasteiger partial charge in [-0.1, -0.05) is 12.8 Å². The Labute approximate surface area is 95.9 Å². The van der Waals surface area contributed by atoms with E-state index >= 15 is 0 Å². The highest BCUT2D eigenvalue weighted by Gasteiger charge is 2.38. The summed E-state index contributed by atoms with van der Waals surface area (Å²) in [6.45, 7) is 0.749. The molecular weight excluding hydrogens is 206 g/mol. The third-order valence-electron chi connectivity index (χ3n) is 3.73. The predicted octanol–water partition coefficient (Wildman–Crippen LogP) is 1.34. The van der Waals surface area contributed by atoms with Crippen molar-refractivity contribution >= 4 is 11.9 Å². The lowest BCUT2D eigenvalue weighted by Gasteiger charge is -2.25. The molecule has 1 aliphatic heterocycles. The molecular formula is C12H19NO3. The first-order valence-electron chi connectivity index (χ1n) is 6.09. The summed E-state index contributed by atoms with van der Waals surface area (Å²) in [5, 5.41) is 0. The molecule has 0 bridgehead atoms. The Morgan fingerprint density at radius 1 is 1.38 bits per heavy atom. The minimum atomic E-state index is -0.321. The van der Waals surface area contributed by atoms with Gasteiger partial charge < -0.3 is 9.64 Å². The quantitative estimate of drug-likeness (QED) is 0.681. The third-order valence-corrected chi connectivity index (χ3v) is 3.73. The first kappa shape index (κ1) is 11.4. The van der Waals surface area contributed by atoms with E-state index < -0.39 is 0 Å². The topological polar surface area (TPSA) is 46.6 Å². The number of methoxy groups -OCH3 is 1. The van der Waals surface area contributed by atoms with Crippen molar-refractivity contribution < 1.29 is 14.3 Å². The zero-order chi connectivity index (χ0) is 11.5. The molecule has 0 N–H and O–H groups in total. The fourth-order valence-electron chi connectivity index (χ4n) is 2.81. The maximum atomic E-state index is 11.7. The largest absolute Gasteiger partial charge is 0.467 e. The van der Waals surface area contributed by atoms with E-state index in [1.807, 2.05) is 0 Å². The number of rotatable bonds is 3. The van der Waals surface area contributed by atoms with E-state index in [1.54, 1.807) is 4.90 Å². The van der Waals surface area contributed by atoms with Crippen LogP contribution < -0.4 is 0 Å². The Kier molecular flexibility index (Phi) is 3.46. The first-order valence-corrected chi connectivity index (χ1v) is 6.09. The fraction of sp³-hybridized carbons (Fsp3) is 0.833. The van der Waals surface area contributed by atoms with Gasteiger partial charge in [0, 0.05) is 13.0 Å². The molecule has 4 heteroatoms. The number of carbonyl (C=O) groups is 2. The Balaban J connectivity index is 1.98. The van der Waals surface area contributed by atoms with Gasteiger partial charge in [0.05, 0.1) is 7.11 Å². The van der Waals surface area contributed by atoms with Crippen LogP contribution in [0.1, 0.15) is 38.5 Å². The van der Waals surface area contributed by atoms with Crippen LogP contribution in [0.4, 0.5) is 0 Å². The molecule has 1 saturated heterocycles. The van der Waals surface area contributed by atoms with Crippen LogP contribution in [0.3, 0.4) is 0 Å². The molecule has 0 aromatic carbocycles. The lowest BCUT2D eigenvalue weighted by atomic mass is 10.1. The van der Waals surface area contributed by atoms with Crippen LogP contribution in [0.5, 0.6) is 0 Å². The standard InChI is InChI=1S/C12H19NO3/c1-16-12(15)10-6-7-11(14)13(10)8-9-4-2-3-5-9/h9-10H,2-8H2,1H3. The van der Waals surface area contributed by atoms with Crippen LogP contribution in [0.25, 0.3) is 0 Å². The Hall–Kier alpha value is -1.06. The van der Waals surface area contributed by atoms with Gasteiger partial charge in [-0.3, -0.25) is 4.79 Å². The van der Waals surface area contributed by atoms with Crippen LogP contribution >= 0.6 is 0 Å². The van der Waals surface area contributed by atoms with Crippen LogP contribution in [0, 0.1) is 5.92 Å². The maximum absolute atomic E-state index is 11.7. The van der Waals surface area contributed by atoms with Crippen molar-refractivity contribution in [3.63, 3.8) is 0 Å². The second kappa shape index (κ2) is 4.85. The van der Waals surface area contributed by atoms with Crippen molar-refractivity contribution in [2.75, 3.05) is 13.7 Å². The van der Waals surface area contributed by atoms with Crippen LogP contribution in [0.2, 0.25) is 0 Å². The highest BCUT2D eigenvalue weighted by molar-refractivity contribution is 5.88. The number of carbonyl (C=O) groups excluding carboxylic acids is 2. The van der Waals surface area contributed by atoms with Gasteiger partial charge in [0.15, 0.2) is 0 Å². The fourth-order valence-corrected chi connectivity index (χ4v) is 2.81. The number of nitrogens with zero attached hydrogens (tertiary/aromatic N) is 1. The molecule has 1 aliphatic carbocycles. The molecule has 16 heavy (non-hydrogen) atoms. The highest BCUT2D eigenvalue weighted by atomic mass is 16.5. The second-order valence-corrected chi connectivity index (χ2v) is 4.77. The summed E-state index contributed by atoms with van der Waals surface area (Å²) in [7, 11) is 1.39. The van der Waals surface area contributed by atoms with Crippen molar-refractivity contribution in [2.24, 2.45) is 5.92 Å². The van der Waals surface area contributed by atoms with Gasteiger partial charge in [-0.15, -0.1) is 0 Å². The summed E-state index contributed by atoms with van der Waals surface area (Å²) in [4.78, 5) is 25.0. The first-order chi connectivity index (χ1) is 7.72. The molecule has 0 radical (unpaired) electrons. The molecule has 0 aromatic rings. The van der Waals surface area contributed by atoms with E-state index in [1.165, 1.54) is 32.8 Å². The molecule has 2 fully saturated rings. The zero-order valence-corrected chi connectivity index (χ0v) is 9.78. The van der Waals surface area contributed by atoms with E-state index in [9.17, 15) is 9.59 Å². The molecule has 4 nitrogen and oxygen atoms in total. The summed E-state index contributed by atoms with van der Waals surface area (Å²) >= 11 is 0. The van der Waals surface area contributed by atoms with E-state index in [0.29, 0.717) is 18.8 Å². The van der Waals surface area contributed by atoms with Gasteiger partial charge in [-0.05, 0) is 25.2 Å². The van der Waals surface area contributed by atoms with Gasteiger partial charge in [0.25, 0.3) is 0 Å². The smallest absolute Gasteiger partial charge is 0.328 e. The molecule has 2 rings (SSSR count). The van der Waals surface area contributed by atoms with Crippen molar-refractivity contribution in [2.45, 2.75) is 44.6 Å². The van der Waals surface area contributed by atoms with E-state index in [-0.39, 0.29) is 17.9 Å². The van der Waals surface area contributed by atoms with Crippen molar-refractivity contribution in [3.05, 3.63) is 0 Å². The summed E-state index contributed by atoms with van der Waals surface area (Å²) in [5.74, 6) is 0.445. The van der Waals surface area contributed by atoms with Crippen LogP contribution in [0.15, 0.2) is 0 Å². The molecule has 1 saturated carbocycles. The normalized spacial score (nSPS) is 26.4. The summed E-state index contributed by atoms with van der Waals surface area (Å²) < 4.78 is 4.74. The predicted molar refractivity (Wildman–Crippen MR) is 58.7 cm³/mol. The van der Waals surface area contributed by atoms with Crippen molar-refractivity contribution in [1.82, 2.24) is 4.90 Å². The maximum Gasteiger partial charge on any atom is 0.328 e. The molecule has 1 unspecified atom stereocenters. The number of likely N-dealkylation sites (tertiary alicyclic amines) is 1. The zero-order valence-electron chi connectivity index (χ0n) is 9.78.